The Morgan fingerprint density at radius 2 is 2.00 bits per heavy atom. The van der Waals surface area contributed by atoms with E-state index in [1.54, 1.807) is 0 Å². The van der Waals surface area contributed by atoms with E-state index in [0.717, 1.165) is 12.1 Å². The van der Waals surface area contributed by atoms with E-state index in [1.165, 1.54) is 6.07 Å². The first-order valence-electron chi connectivity index (χ1n) is 6.69. The molecule has 0 atom stereocenters. The number of likely N-dealkylation sites (N-methyl/N-ethyl adjacent to an activating group) is 1. The molecule has 0 aliphatic heterocycles. The van der Waals surface area contributed by atoms with Crippen molar-refractivity contribution in [3.63, 3.8) is 0 Å². The zero-order valence-electron chi connectivity index (χ0n) is 12.1. The molecule has 0 saturated heterocycles. The summed E-state index contributed by atoms with van der Waals surface area (Å²) in [6.07, 6.45) is -4.45. The second kappa shape index (κ2) is 7.31. The maximum Gasteiger partial charge on any atom is 0.416 e. The van der Waals surface area contributed by atoms with E-state index < -0.39 is 11.7 Å². The summed E-state index contributed by atoms with van der Waals surface area (Å²) in [5.41, 5.74) is 5.22. The lowest BCUT2D eigenvalue weighted by molar-refractivity contribution is -0.137. The number of ether oxygens (including phenoxy) is 1. The second-order valence-corrected chi connectivity index (χ2v) is 4.42. The normalized spacial score (nSPS) is 11.5. The summed E-state index contributed by atoms with van der Waals surface area (Å²) in [7, 11) is 0. The highest BCUT2D eigenvalue weighted by atomic mass is 19.4. The monoisotopic (exact) mass is 303 g/mol. The van der Waals surface area contributed by atoms with E-state index in [9.17, 15) is 13.2 Å². The quantitative estimate of drug-likeness (QED) is 0.462. The van der Waals surface area contributed by atoms with Gasteiger partial charge in [0.2, 0.25) is 0 Å². The van der Waals surface area contributed by atoms with Crippen molar-refractivity contribution in [2.75, 3.05) is 31.2 Å². The maximum absolute atomic E-state index is 12.7. The van der Waals surface area contributed by atoms with Gasteiger partial charge < -0.3 is 15.4 Å². The van der Waals surface area contributed by atoms with Crippen LogP contribution in [0, 0.1) is 5.41 Å². The van der Waals surface area contributed by atoms with Crippen molar-refractivity contribution in [1.29, 1.82) is 5.41 Å². The largest absolute Gasteiger partial charge is 0.416 e. The molecule has 0 aromatic heterocycles. The van der Waals surface area contributed by atoms with Gasteiger partial charge in [-0.1, -0.05) is 0 Å². The summed E-state index contributed by atoms with van der Waals surface area (Å²) in [6.45, 7) is 5.89. The summed E-state index contributed by atoms with van der Waals surface area (Å²) < 4.78 is 43.5. The fourth-order valence-electron chi connectivity index (χ4n) is 1.97. The third-order valence-electron chi connectivity index (χ3n) is 3.05. The number of rotatable bonds is 7. The predicted molar refractivity (Wildman–Crippen MR) is 76.8 cm³/mol. The minimum Gasteiger partial charge on any atom is -0.384 e. The number of hydrogen-bond acceptors (Lipinski definition) is 3. The standard InChI is InChI=1S/C14H20F3N3O/c1-3-20(7-8-21-4-2)12-6-5-10(14(15,16)17)9-11(12)13(18)19/h5-6,9H,3-4,7-8H2,1-2H3,(H3,18,19). The van der Waals surface area contributed by atoms with Gasteiger partial charge in [0, 0.05) is 30.9 Å². The van der Waals surface area contributed by atoms with Gasteiger partial charge in [-0.25, -0.2) is 0 Å². The van der Waals surface area contributed by atoms with Crippen LogP contribution in [0.3, 0.4) is 0 Å². The minimum atomic E-state index is -4.45. The Kier molecular flexibility index (Phi) is 6.02. The van der Waals surface area contributed by atoms with Gasteiger partial charge in [-0.2, -0.15) is 13.2 Å². The fraction of sp³-hybridized carbons (Fsp3) is 0.500. The summed E-state index contributed by atoms with van der Waals surface area (Å²) >= 11 is 0. The Balaban J connectivity index is 3.12. The molecular formula is C14H20F3N3O. The molecule has 0 aliphatic rings. The van der Waals surface area contributed by atoms with Crippen molar-refractivity contribution in [1.82, 2.24) is 0 Å². The van der Waals surface area contributed by atoms with Crippen LogP contribution >= 0.6 is 0 Å². The number of nitrogens with one attached hydrogen (secondary N) is 1. The van der Waals surface area contributed by atoms with Crippen LogP contribution in [0.2, 0.25) is 0 Å². The highest BCUT2D eigenvalue weighted by molar-refractivity contribution is 6.00. The van der Waals surface area contributed by atoms with Crippen molar-refractivity contribution in [2.24, 2.45) is 5.73 Å². The molecule has 0 amide bonds. The van der Waals surface area contributed by atoms with Crippen molar-refractivity contribution < 1.29 is 17.9 Å². The Bertz CT molecular complexity index is 489. The maximum atomic E-state index is 12.7. The van der Waals surface area contributed by atoms with Crippen LogP contribution in [0.4, 0.5) is 18.9 Å². The van der Waals surface area contributed by atoms with Crippen LogP contribution in [-0.2, 0) is 10.9 Å². The molecule has 0 spiro atoms. The van der Waals surface area contributed by atoms with Gasteiger partial charge in [0.05, 0.1) is 12.2 Å². The van der Waals surface area contributed by atoms with Gasteiger partial charge in [-0.15, -0.1) is 0 Å². The molecule has 4 nitrogen and oxygen atoms in total. The van der Waals surface area contributed by atoms with E-state index in [4.69, 9.17) is 15.9 Å². The Morgan fingerprint density at radius 1 is 1.33 bits per heavy atom. The lowest BCUT2D eigenvalue weighted by Crippen LogP contribution is -2.30. The molecule has 7 heteroatoms. The highest BCUT2D eigenvalue weighted by Gasteiger charge is 2.31. The first-order chi connectivity index (χ1) is 9.81. The molecule has 0 aliphatic carbocycles. The van der Waals surface area contributed by atoms with Gasteiger partial charge >= 0.3 is 6.18 Å². The molecular weight excluding hydrogens is 283 g/mol. The first kappa shape index (κ1) is 17.3. The van der Waals surface area contributed by atoms with Gasteiger partial charge in [0.1, 0.15) is 5.84 Å². The third kappa shape index (κ3) is 4.63. The molecule has 0 unspecified atom stereocenters. The number of alkyl halides is 3. The topological polar surface area (TPSA) is 62.3 Å². The number of nitrogens with zero attached hydrogens (tertiary/aromatic N) is 1. The average Bonchev–Trinajstić information content (AvgIpc) is 2.42. The number of anilines is 1. The molecule has 1 aromatic carbocycles. The Morgan fingerprint density at radius 3 is 2.48 bits per heavy atom. The van der Waals surface area contributed by atoms with Crippen LogP contribution in [0.25, 0.3) is 0 Å². The number of halogens is 3. The van der Waals surface area contributed by atoms with Gasteiger partial charge in [-0.05, 0) is 32.0 Å². The molecule has 0 bridgehead atoms. The SMILES string of the molecule is CCOCCN(CC)c1ccc(C(F)(F)F)cc1C(=N)N. The number of benzene rings is 1. The molecule has 0 fully saturated rings. The number of nitrogens with two attached hydrogens (primary N) is 1. The molecule has 0 saturated carbocycles. The van der Waals surface area contributed by atoms with Gasteiger partial charge in [0.15, 0.2) is 0 Å². The van der Waals surface area contributed by atoms with Crippen molar-refractivity contribution >= 4 is 11.5 Å². The van der Waals surface area contributed by atoms with Gasteiger partial charge in [0.25, 0.3) is 0 Å². The zero-order chi connectivity index (χ0) is 16.0. The number of nitrogen functional groups attached to an aromatic ring is 1. The van der Waals surface area contributed by atoms with E-state index in [0.29, 0.717) is 32.0 Å². The number of amidine groups is 1. The van der Waals surface area contributed by atoms with E-state index in [2.05, 4.69) is 0 Å². The third-order valence-corrected chi connectivity index (χ3v) is 3.05. The highest BCUT2D eigenvalue weighted by Crippen LogP contribution is 2.32. The van der Waals surface area contributed by atoms with Crippen LogP contribution in [0.5, 0.6) is 0 Å². The molecule has 3 N–H and O–H groups in total. The lowest BCUT2D eigenvalue weighted by Gasteiger charge is -2.26. The Labute approximate surface area is 122 Å². The summed E-state index contributed by atoms with van der Waals surface area (Å²) in [5, 5.41) is 7.51. The van der Waals surface area contributed by atoms with E-state index in [1.807, 2.05) is 18.7 Å². The van der Waals surface area contributed by atoms with Crippen LogP contribution in [0.1, 0.15) is 25.0 Å². The van der Waals surface area contributed by atoms with Crippen molar-refractivity contribution in [3.05, 3.63) is 29.3 Å². The van der Waals surface area contributed by atoms with Crippen molar-refractivity contribution in [3.8, 4) is 0 Å². The molecule has 118 valence electrons. The Hall–Kier alpha value is -1.76. The predicted octanol–water partition coefficient (Wildman–Crippen LogP) is 2.85. The minimum absolute atomic E-state index is 0.0863. The average molecular weight is 303 g/mol. The molecule has 0 radical (unpaired) electrons. The smallest absolute Gasteiger partial charge is 0.384 e. The van der Waals surface area contributed by atoms with Gasteiger partial charge in [-0.3, -0.25) is 5.41 Å². The second-order valence-electron chi connectivity index (χ2n) is 4.42. The zero-order valence-corrected chi connectivity index (χ0v) is 12.1. The van der Waals surface area contributed by atoms with E-state index in [-0.39, 0.29) is 11.4 Å². The van der Waals surface area contributed by atoms with Crippen LogP contribution in [0.15, 0.2) is 18.2 Å². The molecule has 1 aromatic rings. The summed E-state index contributed by atoms with van der Waals surface area (Å²) in [5.74, 6) is -0.383. The summed E-state index contributed by atoms with van der Waals surface area (Å²) in [6, 6.07) is 3.28. The molecule has 21 heavy (non-hydrogen) atoms. The number of hydrogen-bond donors (Lipinski definition) is 2. The lowest BCUT2D eigenvalue weighted by atomic mass is 10.1. The van der Waals surface area contributed by atoms with Crippen molar-refractivity contribution in [2.45, 2.75) is 20.0 Å². The fourth-order valence-corrected chi connectivity index (χ4v) is 1.97. The first-order valence-corrected chi connectivity index (χ1v) is 6.69. The van der Waals surface area contributed by atoms with E-state index >= 15 is 0 Å². The van der Waals surface area contributed by atoms with Crippen LogP contribution < -0.4 is 10.6 Å². The van der Waals surface area contributed by atoms with Crippen LogP contribution in [-0.4, -0.2) is 32.1 Å². The summed E-state index contributed by atoms with van der Waals surface area (Å²) in [4.78, 5) is 1.84. The molecule has 1 rings (SSSR count). The molecule has 0 heterocycles.